The molecular weight excluding hydrogens is 426 g/mol. The lowest BCUT2D eigenvalue weighted by Crippen LogP contribution is -1.95. The van der Waals surface area contributed by atoms with E-state index >= 15 is 0 Å². The Morgan fingerprint density at radius 2 is 1.96 bits per heavy atom. The highest BCUT2D eigenvalue weighted by atomic mass is 79.9. The summed E-state index contributed by atoms with van der Waals surface area (Å²) in [5, 5.41) is 20.6. The van der Waals surface area contributed by atoms with E-state index in [0.29, 0.717) is 17.9 Å². The van der Waals surface area contributed by atoms with Crippen molar-refractivity contribution < 1.29 is 9.84 Å². The van der Waals surface area contributed by atoms with E-state index in [1.165, 1.54) is 0 Å². The number of thiazole rings is 1. The molecule has 0 saturated carbocycles. The molecule has 4 aromatic rings. The van der Waals surface area contributed by atoms with Crippen molar-refractivity contribution in [2.75, 3.05) is 0 Å². The molecule has 0 aliphatic rings. The van der Waals surface area contributed by atoms with Crippen molar-refractivity contribution in [2.45, 2.75) is 13.5 Å². The van der Waals surface area contributed by atoms with Crippen molar-refractivity contribution in [1.82, 2.24) is 15.2 Å². The number of H-pyrrole nitrogens is 1. The number of aromatic hydroxyl groups is 1. The number of ether oxygens (including phenoxy) is 1. The summed E-state index contributed by atoms with van der Waals surface area (Å²) in [6.07, 6.45) is 1.72. The molecule has 0 amide bonds. The van der Waals surface area contributed by atoms with Gasteiger partial charge in [-0.05, 0) is 36.8 Å². The van der Waals surface area contributed by atoms with Gasteiger partial charge in [-0.2, -0.15) is 5.10 Å². The number of aryl methyl sites for hydroxylation is 1. The monoisotopic (exact) mass is 441 g/mol. The lowest BCUT2D eigenvalue weighted by atomic mass is 10.1. The van der Waals surface area contributed by atoms with Crippen molar-refractivity contribution in [3.05, 3.63) is 69.1 Å². The highest BCUT2D eigenvalue weighted by Gasteiger charge is 2.16. The minimum Gasteiger partial charge on any atom is -0.507 e. The van der Waals surface area contributed by atoms with Gasteiger partial charge in [0.25, 0.3) is 0 Å². The first-order valence-corrected chi connectivity index (χ1v) is 9.94. The molecule has 5 nitrogen and oxygen atoms in total. The summed E-state index contributed by atoms with van der Waals surface area (Å²) in [6, 6.07) is 13.2. The van der Waals surface area contributed by atoms with Crippen molar-refractivity contribution in [3.8, 4) is 34.0 Å². The summed E-state index contributed by atoms with van der Waals surface area (Å²) in [6.45, 7) is 2.39. The highest BCUT2D eigenvalue weighted by molar-refractivity contribution is 9.10. The van der Waals surface area contributed by atoms with Crippen LogP contribution in [0.2, 0.25) is 0 Å². The molecule has 0 aliphatic carbocycles. The summed E-state index contributed by atoms with van der Waals surface area (Å²) in [7, 11) is 0. The maximum absolute atomic E-state index is 10.5. The summed E-state index contributed by atoms with van der Waals surface area (Å²) in [4.78, 5) is 4.50. The molecular formula is C20H16BrN3O2S. The van der Waals surface area contributed by atoms with Gasteiger partial charge >= 0.3 is 0 Å². The van der Waals surface area contributed by atoms with Crippen LogP contribution in [0, 0.1) is 6.92 Å². The van der Waals surface area contributed by atoms with Gasteiger partial charge in [-0.15, -0.1) is 11.3 Å². The van der Waals surface area contributed by atoms with Gasteiger partial charge in [0.2, 0.25) is 0 Å². The number of phenolic OH excluding ortho intramolecular Hbond substituents is 1. The molecule has 27 heavy (non-hydrogen) atoms. The quantitative estimate of drug-likeness (QED) is 0.425. The molecule has 4 rings (SSSR count). The molecule has 0 spiro atoms. The molecule has 2 aromatic carbocycles. The molecule has 0 aliphatic heterocycles. The van der Waals surface area contributed by atoms with E-state index in [4.69, 9.17) is 4.74 Å². The number of halogens is 1. The molecule has 0 fully saturated rings. The topological polar surface area (TPSA) is 71.0 Å². The molecule has 136 valence electrons. The van der Waals surface area contributed by atoms with Crippen LogP contribution in [0.25, 0.3) is 22.5 Å². The second kappa shape index (κ2) is 7.54. The number of aromatic amines is 1. The SMILES string of the molecule is Cc1nc(-c2cn[nH]c2-c2ccc(OCc3ccc(Br)cc3)cc2O)cs1. The van der Waals surface area contributed by atoms with E-state index < -0.39 is 0 Å². The third kappa shape index (κ3) is 3.89. The van der Waals surface area contributed by atoms with Gasteiger partial charge in [0, 0.05) is 27.0 Å². The Morgan fingerprint density at radius 3 is 2.67 bits per heavy atom. The predicted molar refractivity (Wildman–Crippen MR) is 110 cm³/mol. The fraction of sp³-hybridized carbons (Fsp3) is 0.100. The van der Waals surface area contributed by atoms with Crippen LogP contribution in [0.3, 0.4) is 0 Å². The number of hydrogen-bond acceptors (Lipinski definition) is 5. The number of nitrogens with zero attached hydrogens (tertiary/aromatic N) is 2. The van der Waals surface area contributed by atoms with Gasteiger partial charge in [-0.1, -0.05) is 28.1 Å². The van der Waals surface area contributed by atoms with Gasteiger partial charge in [0.1, 0.15) is 18.1 Å². The normalized spacial score (nSPS) is 10.9. The smallest absolute Gasteiger partial charge is 0.128 e. The summed E-state index contributed by atoms with van der Waals surface area (Å²) in [5.74, 6) is 0.727. The van der Waals surface area contributed by atoms with Crippen LogP contribution >= 0.6 is 27.3 Å². The minimum absolute atomic E-state index is 0.126. The molecule has 2 heterocycles. The Balaban J connectivity index is 1.56. The maximum Gasteiger partial charge on any atom is 0.128 e. The fourth-order valence-electron chi connectivity index (χ4n) is 2.73. The molecule has 2 aromatic heterocycles. The second-order valence-electron chi connectivity index (χ2n) is 6.00. The number of aromatic nitrogens is 3. The van der Waals surface area contributed by atoms with Crippen LogP contribution in [0.4, 0.5) is 0 Å². The minimum atomic E-state index is 0.126. The number of phenols is 1. The Hall–Kier alpha value is -2.64. The molecule has 0 bridgehead atoms. The van der Waals surface area contributed by atoms with Gasteiger partial charge in [-0.25, -0.2) is 4.98 Å². The Morgan fingerprint density at radius 1 is 1.15 bits per heavy atom. The Labute approximate surface area is 168 Å². The lowest BCUT2D eigenvalue weighted by Gasteiger charge is -2.10. The van der Waals surface area contributed by atoms with Crippen LogP contribution in [0.15, 0.2) is 58.5 Å². The summed E-state index contributed by atoms with van der Waals surface area (Å²) >= 11 is 5.00. The van der Waals surface area contributed by atoms with Crippen molar-refractivity contribution in [2.24, 2.45) is 0 Å². The Bertz CT molecular complexity index is 1070. The van der Waals surface area contributed by atoms with Crippen LogP contribution in [-0.2, 0) is 6.61 Å². The van der Waals surface area contributed by atoms with Gasteiger partial charge in [0.15, 0.2) is 0 Å². The maximum atomic E-state index is 10.5. The van der Waals surface area contributed by atoms with Crippen molar-refractivity contribution in [1.29, 1.82) is 0 Å². The first-order valence-electron chi connectivity index (χ1n) is 8.26. The largest absolute Gasteiger partial charge is 0.507 e. The van der Waals surface area contributed by atoms with E-state index in [2.05, 4.69) is 31.1 Å². The second-order valence-corrected chi connectivity index (χ2v) is 7.98. The van der Waals surface area contributed by atoms with Crippen molar-refractivity contribution >= 4 is 27.3 Å². The molecule has 0 unspecified atom stereocenters. The van der Waals surface area contributed by atoms with E-state index in [1.807, 2.05) is 48.7 Å². The molecule has 2 N–H and O–H groups in total. The fourth-order valence-corrected chi connectivity index (χ4v) is 3.61. The standard InChI is InChI=1S/C20H16BrN3O2S/c1-12-23-18(11-27-12)17-9-22-24-20(17)16-7-6-15(8-19(16)25)26-10-13-2-4-14(21)5-3-13/h2-9,11,25H,10H2,1H3,(H,22,24). The van der Waals surface area contributed by atoms with Gasteiger partial charge < -0.3 is 9.84 Å². The van der Waals surface area contributed by atoms with Crippen LogP contribution < -0.4 is 4.74 Å². The zero-order valence-corrected chi connectivity index (χ0v) is 16.8. The average molecular weight is 442 g/mol. The molecule has 0 atom stereocenters. The van der Waals surface area contributed by atoms with E-state index in [0.717, 1.165) is 32.0 Å². The summed E-state index contributed by atoms with van der Waals surface area (Å²) < 4.78 is 6.82. The number of hydrogen-bond donors (Lipinski definition) is 2. The van der Waals surface area contributed by atoms with E-state index in [-0.39, 0.29) is 5.75 Å². The van der Waals surface area contributed by atoms with Gasteiger partial charge in [0.05, 0.1) is 22.6 Å². The van der Waals surface area contributed by atoms with Crippen LogP contribution in [0.1, 0.15) is 10.6 Å². The lowest BCUT2D eigenvalue weighted by molar-refractivity contribution is 0.304. The predicted octanol–water partition coefficient (Wildman–Crippen LogP) is 5.56. The Kier molecular flexibility index (Phi) is 4.96. The van der Waals surface area contributed by atoms with E-state index in [9.17, 15) is 5.11 Å². The highest BCUT2D eigenvalue weighted by Crippen LogP contribution is 2.37. The molecule has 0 radical (unpaired) electrons. The number of rotatable bonds is 5. The van der Waals surface area contributed by atoms with Gasteiger partial charge in [-0.3, -0.25) is 5.10 Å². The summed E-state index contributed by atoms with van der Waals surface area (Å²) in [5.41, 5.74) is 4.15. The van der Waals surface area contributed by atoms with Crippen LogP contribution in [-0.4, -0.2) is 20.3 Å². The first-order chi connectivity index (χ1) is 13.1. The van der Waals surface area contributed by atoms with Crippen LogP contribution in [0.5, 0.6) is 11.5 Å². The third-order valence-electron chi connectivity index (χ3n) is 4.09. The average Bonchev–Trinajstić information content (AvgIpc) is 3.30. The number of benzene rings is 2. The molecule has 7 heteroatoms. The third-order valence-corrected chi connectivity index (χ3v) is 5.39. The zero-order chi connectivity index (χ0) is 18.8. The van der Waals surface area contributed by atoms with E-state index in [1.54, 1.807) is 23.6 Å². The zero-order valence-electron chi connectivity index (χ0n) is 14.4. The first kappa shape index (κ1) is 17.8. The number of nitrogens with one attached hydrogen (secondary N) is 1. The van der Waals surface area contributed by atoms with Crippen molar-refractivity contribution in [3.63, 3.8) is 0 Å². The molecule has 0 saturated heterocycles.